The van der Waals surface area contributed by atoms with Crippen molar-refractivity contribution in [3.8, 4) is 5.75 Å². The number of carbonyl (C=O) groups excluding carboxylic acids is 1. The molecule has 2 aromatic heterocycles. The van der Waals surface area contributed by atoms with Gasteiger partial charge in [-0.15, -0.1) is 28.3 Å². The lowest BCUT2D eigenvalue weighted by molar-refractivity contribution is 0.103. The molecule has 0 aliphatic rings. The first-order chi connectivity index (χ1) is 12.6. The summed E-state index contributed by atoms with van der Waals surface area (Å²) >= 11 is 2.62. The number of ether oxygens (including phenoxy) is 1. The smallest absolute Gasteiger partial charge is 0.269 e. The van der Waals surface area contributed by atoms with Gasteiger partial charge in [-0.05, 0) is 43.7 Å². The summed E-state index contributed by atoms with van der Waals surface area (Å²) in [6.07, 6.45) is 1.64. The second-order valence-electron chi connectivity index (χ2n) is 5.26. The number of hydrogen-bond donors (Lipinski definition) is 2. The van der Waals surface area contributed by atoms with E-state index in [4.69, 9.17) is 4.74 Å². The van der Waals surface area contributed by atoms with Crippen LogP contribution in [0, 0.1) is 6.92 Å². The number of methoxy groups -OCH3 is 1. The van der Waals surface area contributed by atoms with Gasteiger partial charge in [0.2, 0.25) is 5.13 Å². The van der Waals surface area contributed by atoms with Crippen LogP contribution in [0.4, 0.5) is 10.3 Å². The average Bonchev–Trinajstić information content (AvgIpc) is 3.29. The van der Waals surface area contributed by atoms with Crippen LogP contribution in [-0.4, -0.2) is 28.7 Å². The van der Waals surface area contributed by atoms with E-state index in [0.717, 1.165) is 17.0 Å². The van der Waals surface area contributed by atoms with Crippen LogP contribution in [0.2, 0.25) is 0 Å². The lowest BCUT2D eigenvalue weighted by Crippen LogP contribution is -2.11. The molecule has 0 unspecified atom stereocenters. The summed E-state index contributed by atoms with van der Waals surface area (Å²) < 4.78 is 5.15. The van der Waals surface area contributed by atoms with Crippen LogP contribution in [0.5, 0.6) is 5.75 Å². The third-order valence-corrected chi connectivity index (χ3v) is 5.23. The Labute approximate surface area is 175 Å². The maximum Gasteiger partial charge on any atom is 0.269 e. The van der Waals surface area contributed by atoms with E-state index in [1.807, 2.05) is 31.2 Å². The fraction of sp³-hybridized carbons (Fsp3) is 0.176. The van der Waals surface area contributed by atoms with Gasteiger partial charge in [-0.1, -0.05) is 11.3 Å². The Morgan fingerprint density at radius 2 is 1.96 bits per heavy atom. The van der Waals surface area contributed by atoms with Crippen molar-refractivity contribution in [2.45, 2.75) is 13.8 Å². The number of rotatable bonds is 6. The molecule has 0 radical (unpaired) electrons. The van der Waals surface area contributed by atoms with E-state index in [1.165, 1.54) is 22.7 Å². The number of aromatic nitrogens is 2. The fourth-order valence-corrected chi connectivity index (χ4v) is 3.45. The molecular weight excluding hydrogens is 450 g/mol. The van der Waals surface area contributed by atoms with Crippen LogP contribution >= 0.6 is 39.7 Å². The highest BCUT2D eigenvalue weighted by Gasteiger charge is 2.16. The average molecular weight is 468 g/mol. The molecule has 10 heteroatoms. The number of nitrogens with one attached hydrogen (secondary N) is 2. The molecule has 0 fully saturated rings. The molecule has 1 aromatic carbocycles. The number of nitrogens with zero attached hydrogens (tertiary/aromatic N) is 3. The molecule has 0 spiro atoms. The van der Waals surface area contributed by atoms with Crippen LogP contribution in [0.15, 0.2) is 40.9 Å². The normalized spacial score (nSPS) is 10.9. The Hall–Kier alpha value is -2.30. The van der Waals surface area contributed by atoms with Gasteiger partial charge in [0.15, 0.2) is 5.13 Å². The zero-order chi connectivity index (χ0) is 18.5. The quantitative estimate of drug-likeness (QED) is 0.408. The standard InChI is InChI=1S/C17H17N5O2S2.BrH/c1-10(12-4-6-13(24-3)7-5-12)21-22-17-19-11(2)14(26-17)15(23)20-16-18-8-9-25-16;/h4-9H,1-3H3,(H,19,22)(H,18,20,23);1H/b21-10+;. The van der Waals surface area contributed by atoms with Crippen LogP contribution in [-0.2, 0) is 0 Å². The number of aryl methyl sites for hydroxylation is 1. The van der Waals surface area contributed by atoms with Gasteiger partial charge in [-0.2, -0.15) is 5.10 Å². The first-order valence-corrected chi connectivity index (χ1v) is 9.39. The summed E-state index contributed by atoms with van der Waals surface area (Å²) in [5, 5.41) is 10.0. The van der Waals surface area contributed by atoms with Gasteiger partial charge in [0, 0.05) is 11.6 Å². The Morgan fingerprint density at radius 3 is 2.59 bits per heavy atom. The van der Waals surface area contributed by atoms with E-state index in [2.05, 4.69) is 25.8 Å². The molecule has 7 nitrogen and oxygen atoms in total. The van der Waals surface area contributed by atoms with Crippen molar-refractivity contribution in [1.82, 2.24) is 9.97 Å². The fourth-order valence-electron chi connectivity index (χ4n) is 2.12. The number of carbonyl (C=O) groups is 1. The third-order valence-electron chi connectivity index (χ3n) is 3.48. The van der Waals surface area contributed by atoms with Gasteiger partial charge in [-0.25, -0.2) is 9.97 Å². The van der Waals surface area contributed by atoms with Gasteiger partial charge in [-0.3, -0.25) is 15.5 Å². The minimum Gasteiger partial charge on any atom is -0.497 e. The number of anilines is 2. The zero-order valence-electron chi connectivity index (χ0n) is 14.8. The molecule has 2 N–H and O–H groups in total. The molecule has 0 aliphatic heterocycles. The number of hydrazone groups is 1. The Morgan fingerprint density at radius 1 is 1.22 bits per heavy atom. The minimum absolute atomic E-state index is 0. The molecule has 3 rings (SSSR count). The summed E-state index contributed by atoms with van der Waals surface area (Å²) in [5.74, 6) is 0.569. The highest BCUT2D eigenvalue weighted by atomic mass is 79.9. The molecule has 27 heavy (non-hydrogen) atoms. The van der Waals surface area contributed by atoms with Crippen molar-refractivity contribution < 1.29 is 9.53 Å². The number of halogens is 1. The molecule has 142 valence electrons. The topological polar surface area (TPSA) is 88.5 Å². The van der Waals surface area contributed by atoms with E-state index in [-0.39, 0.29) is 22.9 Å². The van der Waals surface area contributed by atoms with Crippen LogP contribution in [0.25, 0.3) is 0 Å². The Kier molecular flexibility index (Phi) is 7.45. The maximum atomic E-state index is 12.3. The highest BCUT2D eigenvalue weighted by molar-refractivity contribution is 8.93. The number of amides is 1. The lowest BCUT2D eigenvalue weighted by Gasteiger charge is -2.03. The van der Waals surface area contributed by atoms with Crippen molar-refractivity contribution in [2.24, 2.45) is 5.10 Å². The van der Waals surface area contributed by atoms with E-state index in [9.17, 15) is 4.79 Å². The van der Waals surface area contributed by atoms with Crippen molar-refractivity contribution in [3.05, 3.63) is 52.0 Å². The molecule has 0 bridgehead atoms. The summed E-state index contributed by atoms with van der Waals surface area (Å²) in [5.41, 5.74) is 5.33. The molecule has 1 amide bonds. The molecule has 2 heterocycles. The summed E-state index contributed by atoms with van der Waals surface area (Å²) in [6, 6.07) is 7.62. The molecule has 0 saturated carbocycles. The summed E-state index contributed by atoms with van der Waals surface area (Å²) in [4.78, 5) is 21.2. The highest BCUT2D eigenvalue weighted by Crippen LogP contribution is 2.24. The van der Waals surface area contributed by atoms with Gasteiger partial charge >= 0.3 is 0 Å². The zero-order valence-corrected chi connectivity index (χ0v) is 18.2. The van der Waals surface area contributed by atoms with Gasteiger partial charge in [0.25, 0.3) is 5.91 Å². The second-order valence-corrected chi connectivity index (χ2v) is 7.16. The van der Waals surface area contributed by atoms with Gasteiger partial charge in [0.1, 0.15) is 10.6 Å². The largest absolute Gasteiger partial charge is 0.497 e. The van der Waals surface area contributed by atoms with Gasteiger partial charge < -0.3 is 4.74 Å². The predicted octanol–water partition coefficient (Wildman–Crippen LogP) is 4.58. The van der Waals surface area contributed by atoms with Crippen LogP contribution in [0.1, 0.15) is 27.9 Å². The van der Waals surface area contributed by atoms with Crippen LogP contribution in [0.3, 0.4) is 0 Å². The third kappa shape index (κ3) is 5.34. The molecule has 3 aromatic rings. The number of hydrogen-bond acceptors (Lipinski definition) is 8. The number of thiazole rings is 2. The molecule has 0 aliphatic carbocycles. The van der Waals surface area contributed by atoms with Gasteiger partial charge in [0.05, 0.1) is 18.5 Å². The SMILES string of the molecule is Br.COc1ccc(/C(C)=N/Nc2nc(C)c(C(=O)Nc3nccs3)s2)cc1. The Bertz CT molecular complexity index is 923. The predicted molar refractivity (Wildman–Crippen MR) is 116 cm³/mol. The summed E-state index contributed by atoms with van der Waals surface area (Å²) in [7, 11) is 1.63. The minimum atomic E-state index is -0.223. The number of benzene rings is 1. The monoisotopic (exact) mass is 467 g/mol. The van der Waals surface area contributed by atoms with E-state index < -0.39 is 0 Å². The maximum absolute atomic E-state index is 12.3. The van der Waals surface area contributed by atoms with E-state index >= 15 is 0 Å². The van der Waals surface area contributed by atoms with Crippen molar-refractivity contribution >= 4 is 61.5 Å². The van der Waals surface area contributed by atoms with Crippen molar-refractivity contribution in [1.29, 1.82) is 0 Å². The molecular formula is C17H18BrN5O2S2. The van der Waals surface area contributed by atoms with Crippen molar-refractivity contribution in [2.75, 3.05) is 17.9 Å². The molecule has 0 saturated heterocycles. The first kappa shape index (κ1) is 21.0. The van der Waals surface area contributed by atoms with Crippen LogP contribution < -0.4 is 15.5 Å². The first-order valence-electron chi connectivity index (χ1n) is 7.70. The summed E-state index contributed by atoms with van der Waals surface area (Å²) in [6.45, 7) is 3.68. The second kappa shape index (κ2) is 9.58. The van der Waals surface area contributed by atoms with E-state index in [0.29, 0.717) is 20.8 Å². The molecule has 0 atom stereocenters. The lowest BCUT2D eigenvalue weighted by atomic mass is 10.1. The van der Waals surface area contributed by atoms with E-state index in [1.54, 1.807) is 25.6 Å². The van der Waals surface area contributed by atoms with Crippen molar-refractivity contribution in [3.63, 3.8) is 0 Å². The Balaban J connectivity index is 0.00000261.